The molecule has 0 spiro atoms. The standard InChI is InChI=1S/C74H40O4/c1-5-13-65-53(9-1)57-33-45(21-29-69(57)75-65)41-17-25-49-50-26-18-43(47-23-31-71-59(35-47)55-11-3-7-15-67(55)77-71)39-63(50)74-64-40-44(48-24-32-72-60(36-48)56-12-4-8-16-68(56)78-72)20-28-52(64)51-27-19-42(38-62(51)73(74)61(49)37-41)46-22-30-70-58(34-46)54-10-2-6-14-66(54)76-70/h1-40H. The van der Waals surface area contributed by atoms with Gasteiger partial charge in [-0.05, 0) is 195 Å². The second-order valence-corrected chi connectivity index (χ2v) is 21.0. The van der Waals surface area contributed by atoms with Crippen LogP contribution in [0.1, 0.15) is 0 Å². The highest BCUT2D eigenvalue weighted by atomic mass is 16.3. The number of furan rings is 4. The second-order valence-electron chi connectivity index (χ2n) is 21.0. The highest BCUT2D eigenvalue weighted by Crippen LogP contribution is 2.49. The first kappa shape index (κ1) is 41.9. The van der Waals surface area contributed by atoms with E-state index in [-0.39, 0.29) is 0 Å². The third kappa shape index (κ3) is 6.00. The van der Waals surface area contributed by atoms with Crippen molar-refractivity contribution in [2.24, 2.45) is 0 Å². The van der Waals surface area contributed by atoms with E-state index in [1.807, 2.05) is 48.5 Å². The van der Waals surface area contributed by atoms with Gasteiger partial charge in [0, 0.05) is 43.1 Å². The molecule has 0 aliphatic carbocycles. The minimum Gasteiger partial charge on any atom is -0.456 e. The number of rotatable bonds is 4. The van der Waals surface area contributed by atoms with E-state index in [9.17, 15) is 0 Å². The van der Waals surface area contributed by atoms with Crippen LogP contribution in [0.4, 0.5) is 0 Å². The monoisotopic (exact) mass is 992 g/mol. The van der Waals surface area contributed by atoms with Gasteiger partial charge in [0.1, 0.15) is 44.7 Å². The normalized spacial score (nSPS) is 12.4. The van der Waals surface area contributed by atoms with Gasteiger partial charge in [-0.3, -0.25) is 0 Å². The van der Waals surface area contributed by atoms with Crippen molar-refractivity contribution in [1.82, 2.24) is 0 Å². The van der Waals surface area contributed by atoms with Gasteiger partial charge in [0.15, 0.2) is 0 Å². The van der Waals surface area contributed by atoms with Gasteiger partial charge >= 0.3 is 0 Å². The van der Waals surface area contributed by atoms with Crippen LogP contribution in [-0.4, -0.2) is 0 Å². The topological polar surface area (TPSA) is 52.6 Å². The van der Waals surface area contributed by atoms with Crippen molar-refractivity contribution in [2.75, 3.05) is 0 Å². The smallest absolute Gasteiger partial charge is 0.135 e. The van der Waals surface area contributed by atoms with Crippen LogP contribution in [0.5, 0.6) is 0 Å². The molecule has 4 heteroatoms. The van der Waals surface area contributed by atoms with Crippen molar-refractivity contribution in [3.63, 3.8) is 0 Å². The Kier molecular flexibility index (Phi) is 8.36. The average molecular weight is 993 g/mol. The third-order valence-electron chi connectivity index (χ3n) is 16.8. The zero-order valence-electron chi connectivity index (χ0n) is 41.7. The molecule has 4 aromatic heterocycles. The molecule has 4 heterocycles. The number of para-hydroxylation sites is 4. The van der Waals surface area contributed by atoms with Crippen molar-refractivity contribution in [3.05, 3.63) is 243 Å². The fourth-order valence-corrected chi connectivity index (χ4v) is 13.1. The molecule has 0 bridgehead atoms. The lowest BCUT2D eigenvalue weighted by Crippen LogP contribution is -1.91. The number of hydrogen-bond acceptors (Lipinski definition) is 4. The highest BCUT2D eigenvalue weighted by Gasteiger charge is 2.21. The molecule has 18 aromatic rings. The van der Waals surface area contributed by atoms with E-state index in [1.165, 1.54) is 53.9 Å². The van der Waals surface area contributed by atoms with Crippen LogP contribution in [-0.2, 0) is 0 Å². The summed E-state index contributed by atoms with van der Waals surface area (Å²) in [5, 5.41) is 20.9. The molecule has 78 heavy (non-hydrogen) atoms. The number of fused-ring (bicyclic) bond motifs is 23. The first-order valence-corrected chi connectivity index (χ1v) is 26.6. The van der Waals surface area contributed by atoms with Gasteiger partial charge in [0.05, 0.1) is 0 Å². The van der Waals surface area contributed by atoms with Crippen LogP contribution in [0.15, 0.2) is 260 Å². The van der Waals surface area contributed by atoms with Gasteiger partial charge in [-0.1, -0.05) is 146 Å². The fourth-order valence-electron chi connectivity index (χ4n) is 13.1. The summed E-state index contributed by atoms with van der Waals surface area (Å²) in [6, 6.07) is 88.2. The van der Waals surface area contributed by atoms with Crippen molar-refractivity contribution in [2.45, 2.75) is 0 Å². The van der Waals surface area contributed by atoms with Crippen LogP contribution in [0, 0.1) is 0 Å². The molecule has 360 valence electrons. The van der Waals surface area contributed by atoms with E-state index >= 15 is 0 Å². The zero-order chi connectivity index (χ0) is 50.7. The molecule has 0 saturated carbocycles. The SMILES string of the molecule is c1ccc2c(c1)oc1ccc(-c3ccc4c5ccc(-c6ccc7oc8ccccc8c7c6)cc5c5c6cc(-c7ccc8oc9ccccc9c8c7)ccc6c6ccc(-c7ccc8oc9ccccc9c8c7)cc6c5c4c3)cc12. The van der Waals surface area contributed by atoms with E-state index in [4.69, 9.17) is 17.7 Å². The minimum absolute atomic E-state index is 0.885. The van der Waals surface area contributed by atoms with E-state index in [0.29, 0.717) is 0 Å². The average Bonchev–Trinajstić information content (AvgIpc) is 4.18. The third-order valence-corrected chi connectivity index (χ3v) is 16.8. The Morgan fingerprint density at radius 1 is 0.141 bits per heavy atom. The molecule has 4 nitrogen and oxygen atoms in total. The summed E-state index contributed by atoms with van der Waals surface area (Å²) >= 11 is 0. The van der Waals surface area contributed by atoms with Crippen molar-refractivity contribution in [3.8, 4) is 44.5 Å². The van der Waals surface area contributed by atoms with Gasteiger partial charge in [-0.2, -0.15) is 0 Å². The zero-order valence-corrected chi connectivity index (χ0v) is 41.7. The van der Waals surface area contributed by atoms with E-state index in [1.54, 1.807) is 0 Å². The predicted octanol–water partition coefficient (Wildman–Crippen LogP) is 21.7. The maximum Gasteiger partial charge on any atom is 0.135 e. The lowest BCUT2D eigenvalue weighted by molar-refractivity contribution is 0.668. The molecule has 0 saturated heterocycles. The molecule has 18 rings (SSSR count). The van der Waals surface area contributed by atoms with Crippen LogP contribution in [0.25, 0.3) is 186 Å². The van der Waals surface area contributed by atoms with Gasteiger partial charge in [-0.15, -0.1) is 0 Å². The van der Waals surface area contributed by atoms with Gasteiger partial charge < -0.3 is 17.7 Å². The summed E-state index contributed by atoms with van der Waals surface area (Å²) in [4.78, 5) is 0. The van der Waals surface area contributed by atoms with Gasteiger partial charge in [0.25, 0.3) is 0 Å². The Balaban J connectivity index is 0.966. The van der Waals surface area contributed by atoms with Crippen LogP contribution in [0.2, 0.25) is 0 Å². The quantitative estimate of drug-likeness (QED) is 0.165. The molecule has 0 radical (unpaired) electrons. The van der Waals surface area contributed by atoms with Crippen LogP contribution >= 0.6 is 0 Å². The molecule has 0 atom stereocenters. The summed E-state index contributed by atoms with van der Waals surface area (Å²) in [5.41, 5.74) is 16.2. The Labute approximate surface area is 444 Å². The Hall–Kier alpha value is -10.4. The molecular weight excluding hydrogens is 953 g/mol. The van der Waals surface area contributed by atoms with E-state index < -0.39 is 0 Å². The Bertz CT molecular complexity index is 4950. The lowest BCUT2D eigenvalue weighted by Gasteiger charge is -2.19. The van der Waals surface area contributed by atoms with Crippen molar-refractivity contribution in [1.29, 1.82) is 0 Å². The van der Waals surface area contributed by atoms with E-state index in [0.717, 1.165) is 132 Å². The maximum atomic E-state index is 6.34. The molecule has 0 N–H and O–H groups in total. The summed E-state index contributed by atoms with van der Waals surface area (Å²) in [5.74, 6) is 0. The highest BCUT2D eigenvalue weighted by molar-refractivity contribution is 6.40. The lowest BCUT2D eigenvalue weighted by atomic mass is 9.84. The summed E-state index contributed by atoms with van der Waals surface area (Å²) < 4.78 is 25.3. The summed E-state index contributed by atoms with van der Waals surface area (Å²) in [6.45, 7) is 0. The second kappa shape index (κ2) is 15.6. The van der Waals surface area contributed by atoms with E-state index in [2.05, 4.69) is 194 Å². The maximum absolute atomic E-state index is 6.34. The van der Waals surface area contributed by atoms with Crippen LogP contribution in [0.3, 0.4) is 0 Å². The van der Waals surface area contributed by atoms with Crippen molar-refractivity contribution >= 4 is 142 Å². The summed E-state index contributed by atoms with van der Waals surface area (Å²) in [7, 11) is 0. The first-order chi connectivity index (χ1) is 38.6. The minimum atomic E-state index is 0.885. The largest absolute Gasteiger partial charge is 0.456 e. The molecule has 0 unspecified atom stereocenters. The van der Waals surface area contributed by atoms with Gasteiger partial charge in [-0.25, -0.2) is 0 Å². The van der Waals surface area contributed by atoms with Crippen molar-refractivity contribution < 1.29 is 17.7 Å². The molecule has 0 aliphatic rings. The number of hydrogen-bond donors (Lipinski definition) is 0. The molecule has 0 amide bonds. The Morgan fingerprint density at radius 2 is 0.333 bits per heavy atom. The van der Waals surface area contributed by atoms with Gasteiger partial charge in [0.2, 0.25) is 0 Å². The summed E-state index contributed by atoms with van der Waals surface area (Å²) in [6.07, 6.45) is 0. The molecule has 14 aromatic carbocycles. The first-order valence-electron chi connectivity index (χ1n) is 26.6. The predicted molar refractivity (Wildman–Crippen MR) is 325 cm³/mol. The molecular formula is C74H40O4. The molecule has 0 aliphatic heterocycles. The fraction of sp³-hybridized carbons (Fsp3) is 0. The Morgan fingerprint density at radius 3 is 0.577 bits per heavy atom. The number of benzene rings is 14. The molecule has 0 fully saturated rings. The van der Waals surface area contributed by atoms with Crippen LogP contribution < -0.4 is 0 Å².